The first-order chi connectivity index (χ1) is 12.6. The van der Waals surface area contributed by atoms with Crippen LogP contribution in [0.2, 0.25) is 0 Å². The van der Waals surface area contributed by atoms with Crippen LogP contribution in [0.5, 0.6) is 5.75 Å². The maximum atomic E-state index is 6.32. The Morgan fingerprint density at radius 3 is 2.23 bits per heavy atom. The number of hydrogen-bond donors (Lipinski definition) is 0. The summed E-state index contributed by atoms with van der Waals surface area (Å²) in [5.41, 5.74) is 1.04. The van der Waals surface area contributed by atoms with Crippen molar-refractivity contribution in [3.63, 3.8) is 0 Å². The highest BCUT2D eigenvalue weighted by Gasteiger charge is 2.45. The monoisotopic (exact) mass is 380 g/mol. The Balaban J connectivity index is 1.86. The van der Waals surface area contributed by atoms with Crippen LogP contribution in [0.25, 0.3) is 0 Å². The highest BCUT2D eigenvalue weighted by atomic mass is 28.4. The number of fused-ring (bicyclic) bond motifs is 1. The Morgan fingerprint density at radius 1 is 1.04 bits per heavy atom. The van der Waals surface area contributed by atoms with Crippen molar-refractivity contribution >= 4 is 14.0 Å². The van der Waals surface area contributed by atoms with Crippen LogP contribution in [0.15, 0.2) is 18.2 Å². The zero-order chi connectivity index (χ0) is 18.6. The van der Waals surface area contributed by atoms with Crippen LogP contribution in [0.4, 0.5) is 0 Å². The molecule has 5 nitrogen and oxygen atoms in total. The van der Waals surface area contributed by atoms with E-state index in [4.69, 9.17) is 22.8 Å². The molecule has 0 amide bonds. The topological polar surface area (TPSA) is 46.2 Å². The second kappa shape index (κ2) is 8.40. The van der Waals surface area contributed by atoms with E-state index in [1.165, 1.54) is 25.7 Å². The molecule has 0 spiro atoms. The van der Waals surface area contributed by atoms with Crippen molar-refractivity contribution in [1.82, 2.24) is 0 Å². The van der Waals surface area contributed by atoms with Crippen LogP contribution in [-0.2, 0) is 24.6 Å². The van der Waals surface area contributed by atoms with Gasteiger partial charge in [0.1, 0.15) is 5.75 Å². The van der Waals surface area contributed by atoms with E-state index in [0.29, 0.717) is 32.3 Å². The van der Waals surface area contributed by atoms with E-state index >= 15 is 0 Å². The maximum absolute atomic E-state index is 6.32. The first-order valence-electron chi connectivity index (χ1n) is 9.95. The summed E-state index contributed by atoms with van der Waals surface area (Å²) in [4.78, 5) is 0. The SMILES string of the molecule is CCO[Si](OCC)(OCC)c1ccc2c(c1)COC(C)(C1CCCC1)O2. The van der Waals surface area contributed by atoms with Gasteiger partial charge in [-0.2, -0.15) is 0 Å². The second-order valence-electron chi connectivity index (χ2n) is 7.07. The molecule has 1 atom stereocenters. The molecule has 1 aliphatic heterocycles. The smallest absolute Gasteiger partial charge is 0.462 e. The van der Waals surface area contributed by atoms with Gasteiger partial charge in [-0.3, -0.25) is 0 Å². The Bertz CT molecular complexity index is 585. The van der Waals surface area contributed by atoms with Crippen LogP contribution < -0.4 is 9.92 Å². The van der Waals surface area contributed by atoms with Crippen LogP contribution in [0.1, 0.15) is 58.9 Å². The van der Waals surface area contributed by atoms with Crippen molar-refractivity contribution in [2.24, 2.45) is 5.92 Å². The minimum Gasteiger partial charge on any atom is -0.462 e. The molecule has 2 aliphatic rings. The van der Waals surface area contributed by atoms with Crippen LogP contribution in [-0.4, -0.2) is 34.4 Å². The average molecular weight is 381 g/mol. The molecule has 146 valence electrons. The summed E-state index contributed by atoms with van der Waals surface area (Å²) in [5.74, 6) is 0.861. The predicted molar refractivity (Wildman–Crippen MR) is 102 cm³/mol. The lowest BCUT2D eigenvalue weighted by Crippen LogP contribution is -2.57. The normalized spacial score (nSPS) is 23.7. The van der Waals surface area contributed by atoms with Gasteiger partial charge in [0.15, 0.2) is 0 Å². The number of rotatable bonds is 8. The molecule has 1 aliphatic carbocycles. The van der Waals surface area contributed by atoms with Crippen molar-refractivity contribution in [3.8, 4) is 5.75 Å². The summed E-state index contributed by atoms with van der Waals surface area (Å²) < 4.78 is 30.6. The highest BCUT2D eigenvalue weighted by molar-refractivity contribution is 6.75. The van der Waals surface area contributed by atoms with E-state index in [-0.39, 0.29) is 0 Å². The zero-order valence-electron chi connectivity index (χ0n) is 16.5. The number of benzene rings is 1. The molecule has 0 N–H and O–H groups in total. The van der Waals surface area contributed by atoms with E-state index in [0.717, 1.165) is 16.5 Å². The highest BCUT2D eigenvalue weighted by Crippen LogP contribution is 2.42. The lowest BCUT2D eigenvalue weighted by atomic mass is 9.97. The van der Waals surface area contributed by atoms with Gasteiger partial charge in [-0.05, 0) is 45.7 Å². The molecule has 3 rings (SSSR count). The maximum Gasteiger partial charge on any atom is 0.537 e. The molecule has 26 heavy (non-hydrogen) atoms. The summed E-state index contributed by atoms with van der Waals surface area (Å²) in [6.07, 6.45) is 4.89. The lowest BCUT2D eigenvalue weighted by Gasteiger charge is -2.40. The quantitative estimate of drug-likeness (QED) is 0.643. The molecular formula is C20H32O5Si. The molecule has 0 bridgehead atoms. The van der Waals surface area contributed by atoms with Crippen molar-refractivity contribution in [2.75, 3.05) is 19.8 Å². The minimum atomic E-state index is -2.90. The third-order valence-corrected chi connectivity index (χ3v) is 8.37. The molecule has 1 aromatic carbocycles. The fourth-order valence-electron chi connectivity index (χ4n) is 4.05. The third kappa shape index (κ3) is 3.85. The van der Waals surface area contributed by atoms with E-state index in [2.05, 4.69) is 13.0 Å². The van der Waals surface area contributed by atoms with Crippen molar-refractivity contribution < 1.29 is 22.8 Å². The summed E-state index contributed by atoms with van der Waals surface area (Å²) >= 11 is 0. The van der Waals surface area contributed by atoms with E-state index < -0.39 is 14.6 Å². The first kappa shape index (κ1) is 19.8. The molecule has 1 fully saturated rings. The van der Waals surface area contributed by atoms with Crippen LogP contribution >= 0.6 is 0 Å². The Hall–Kier alpha value is -0.923. The largest absolute Gasteiger partial charge is 0.537 e. The molecule has 0 radical (unpaired) electrons. The van der Waals surface area contributed by atoms with Gasteiger partial charge in [0.2, 0.25) is 5.79 Å². The minimum absolute atomic E-state index is 0.471. The third-order valence-electron chi connectivity index (χ3n) is 5.34. The van der Waals surface area contributed by atoms with Gasteiger partial charge in [-0.15, -0.1) is 0 Å². The second-order valence-corrected chi connectivity index (χ2v) is 9.62. The van der Waals surface area contributed by atoms with E-state index in [1.807, 2.05) is 32.9 Å². The van der Waals surface area contributed by atoms with Crippen LogP contribution in [0, 0.1) is 5.92 Å². The number of hydrogen-bond acceptors (Lipinski definition) is 5. The van der Waals surface area contributed by atoms with Crippen molar-refractivity contribution in [2.45, 2.75) is 65.8 Å². The summed E-state index contributed by atoms with van der Waals surface area (Å²) in [6.45, 7) is 10.2. The molecule has 0 saturated heterocycles. The molecule has 1 saturated carbocycles. The van der Waals surface area contributed by atoms with Crippen molar-refractivity contribution in [1.29, 1.82) is 0 Å². The van der Waals surface area contributed by atoms with Gasteiger partial charge in [0.05, 0.1) is 6.61 Å². The fraction of sp³-hybridized carbons (Fsp3) is 0.700. The Kier molecular flexibility index (Phi) is 6.40. The van der Waals surface area contributed by atoms with Gasteiger partial charge >= 0.3 is 8.80 Å². The van der Waals surface area contributed by atoms with Crippen LogP contribution in [0.3, 0.4) is 0 Å². The van der Waals surface area contributed by atoms with Gasteiger partial charge in [-0.25, -0.2) is 0 Å². The van der Waals surface area contributed by atoms with Gasteiger partial charge in [0.25, 0.3) is 0 Å². The molecule has 1 heterocycles. The zero-order valence-corrected chi connectivity index (χ0v) is 17.5. The summed E-state index contributed by atoms with van der Waals surface area (Å²) in [5, 5.41) is 0.971. The van der Waals surface area contributed by atoms with Gasteiger partial charge in [-0.1, -0.05) is 18.9 Å². The van der Waals surface area contributed by atoms with E-state index in [1.54, 1.807) is 0 Å². The predicted octanol–water partition coefficient (Wildman–Crippen LogP) is 3.76. The number of ether oxygens (including phenoxy) is 2. The standard InChI is InChI=1S/C20H32O5Si/c1-5-22-26(23-6-2,24-7-3)18-12-13-19-16(14-18)15-21-20(4,25-19)17-10-8-9-11-17/h12-14,17H,5-11,15H2,1-4H3. The van der Waals surface area contributed by atoms with E-state index in [9.17, 15) is 0 Å². The first-order valence-corrected chi connectivity index (χ1v) is 11.7. The van der Waals surface area contributed by atoms with Gasteiger partial charge in [0, 0.05) is 43.4 Å². The lowest BCUT2D eigenvalue weighted by molar-refractivity contribution is -0.224. The summed E-state index contributed by atoms with van der Waals surface area (Å²) in [7, 11) is -2.90. The molecule has 1 aromatic rings. The average Bonchev–Trinajstić information content (AvgIpc) is 3.17. The molecule has 0 aromatic heterocycles. The molecular weight excluding hydrogens is 348 g/mol. The Morgan fingerprint density at radius 2 is 1.65 bits per heavy atom. The Labute approximate surface area is 158 Å². The molecule has 6 heteroatoms. The molecule has 1 unspecified atom stereocenters. The van der Waals surface area contributed by atoms with Gasteiger partial charge < -0.3 is 22.8 Å². The fourth-order valence-corrected chi connectivity index (χ4v) is 6.58. The summed E-state index contributed by atoms with van der Waals surface area (Å²) in [6, 6.07) is 6.14. The van der Waals surface area contributed by atoms with Crippen molar-refractivity contribution in [3.05, 3.63) is 23.8 Å².